The van der Waals surface area contributed by atoms with Gasteiger partial charge in [0.25, 0.3) is 0 Å². The predicted octanol–water partition coefficient (Wildman–Crippen LogP) is 1.57. The summed E-state index contributed by atoms with van der Waals surface area (Å²) < 4.78 is 6.02. The number of hydrogen-bond acceptors (Lipinski definition) is 5. The van der Waals surface area contributed by atoms with Gasteiger partial charge in [0.15, 0.2) is 5.96 Å². The maximum absolute atomic E-state index is 6.02. The smallest absolute Gasteiger partial charge is 0.225 e. The van der Waals surface area contributed by atoms with Gasteiger partial charge in [0.05, 0.1) is 6.54 Å². The fraction of sp³-hybridized carbons (Fsp3) is 0.450. The van der Waals surface area contributed by atoms with Crippen LogP contribution >= 0.6 is 0 Å². The molecule has 1 unspecified atom stereocenters. The van der Waals surface area contributed by atoms with Gasteiger partial charge >= 0.3 is 0 Å². The van der Waals surface area contributed by atoms with Crippen LogP contribution in [0.1, 0.15) is 12.5 Å². The topological polar surface area (TPSA) is 65.9 Å². The van der Waals surface area contributed by atoms with Crippen LogP contribution in [0.5, 0.6) is 5.75 Å². The normalized spacial score (nSPS) is 19.6. The molecule has 7 nitrogen and oxygen atoms in total. The van der Waals surface area contributed by atoms with Crippen LogP contribution in [0.2, 0.25) is 0 Å². The van der Waals surface area contributed by atoms with Gasteiger partial charge in [0.2, 0.25) is 5.95 Å². The number of hydrogen-bond donors (Lipinski definition) is 1. The summed E-state index contributed by atoms with van der Waals surface area (Å²) in [6, 6.07) is 10.1. The number of ether oxygens (including phenoxy) is 1. The van der Waals surface area contributed by atoms with Crippen molar-refractivity contribution >= 4 is 11.9 Å². The lowest BCUT2D eigenvalue weighted by atomic mass is 10.1. The van der Waals surface area contributed by atoms with Gasteiger partial charge in [-0.3, -0.25) is 0 Å². The van der Waals surface area contributed by atoms with Gasteiger partial charge in [-0.25, -0.2) is 15.0 Å². The Bertz CT molecular complexity index is 748. The Morgan fingerprint density at radius 3 is 2.67 bits per heavy atom. The van der Waals surface area contributed by atoms with Crippen LogP contribution < -0.4 is 15.0 Å². The lowest BCUT2D eigenvalue weighted by Gasteiger charge is -2.36. The number of nitrogens with zero attached hydrogens (tertiary/aromatic N) is 5. The van der Waals surface area contributed by atoms with Crippen molar-refractivity contribution in [2.24, 2.45) is 4.99 Å². The molecular formula is C20H26N6O. The summed E-state index contributed by atoms with van der Waals surface area (Å²) in [4.78, 5) is 18.1. The first kappa shape index (κ1) is 17.6. The minimum Gasteiger partial charge on any atom is -0.488 e. The summed E-state index contributed by atoms with van der Waals surface area (Å²) in [7, 11) is 0. The monoisotopic (exact) mass is 366 g/mol. The molecule has 2 aliphatic rings. The molecular weight excluding hydrogens is 340 g/mol. The molecule has 1 fully saturated rings. The maximum atomic E-state index is 6.02. The predicted molar refractivity (Wildman–Crippen MR) is 106 cm³/mol. The van der Waals surface area contributed by atoms with Crippen LogP contribution in [-0.4, -0.2) is 66.2 Å². The SMILES string of the molecule is CCNC(=NCC1Cc2ccccc2O1)N1CCN(c2ncccn2)CC1. The third kappa shape index (κ3) is 4.13. The molecule has 2 aliphatic heterocycles. The molecule has 4 rings (SSSR count). The summed E-state index contributed by atoms with van der Waals surface area (Å²) in [5.41, 5.74) is 1.28. The molecule has 0 radical (unpaired) electrons. The number of para-hydroxylation sites is 1. The molecule has 0 spiro atoms. The molecule has 27 heavy (non-hydrogen) atoms. The van der Waals surface area contributed by atoms with E-state index >= 15 is 0 Å². The molecule has 142 valence electrons. The highest BCUT2D eigenvalue weighted by atomic mass is 16.5. The van der Waals surface area contributed by atoms with Crippen LogP contribution in [0, 0.1) is 0 Å². The first-order valence-electron chi connectivity index (χ1n) is 9.63. The molecule has 1 aromatic carbocycles. The van der Waals surface area contributed by atoms with Crippen LogP contribution in [0.25, 0.3) is 0 Å². The number of rotatable bonds is 4. The Kier molecular flexibility index (Phi) is 5.37. The number of aliphatic imine (C=N–C) groups is 1. The number of anilines is 1. The molecule has 0 saturated carbocycles. The molecule has 7 heteroatoms. The number of piperazine rings is 1. The third-order valence-corrected chi connectivity index (χ3v) is 4.91. The van der Waals surface area contributed by atoms with Crippen molar-refractivity contribution in [1.29, 1.82) is 0 Å². The van der Waals surface area contributed by atoms with Crippen molar-refractivity contribution < 1.29 is 4.74 Å². The van der Waals surface area contributed by atoms with Gasteiger partial charge in [-0.1, -0.05) is 18.2 Å². The number of fused-ring (bicyclic) bond motifs is 1. The number of nitrogens with one attached hydrogen (secondary N) is 1. The van der Waals surface area contributed by atoms with Gasteiger partial charge in [-0.05, 0) is 24.6 Å². The molecule has 0 aliphatic carbocycles. The second-order valence-electron chi connectivity index (χ2n) is 6.77. The lowest BCUT2D eigenvalue weighted by molar-refractivity contribution is 0.240. The molecule has 3 heterocycles. The van der Waals surface area contributed by atoms with Crippen molar-refractivity contribution in [3.8, 4) is 5.75 Å². The summed E-state index contributed by atoms with van der Waals surface area (Å²) in [5, 5.41) is 3.42. The molecule has 0 bridgehead atoms. The highest BCUT2D eigenvalue weighted by molar-refractivity contribution is 5.80. The van der Waals surface area contributed by atoms with Gasteiger partial charge in [0.1, 0.15) is 11.9 Å². The van der Waals surface area contributed by atoms with Gasteiger partial charge < -0.3 is 19.9 Å². The van der Waals surface area contributed by atoms with Crippen molar-refractivity contribution in [1.82, 2.24) is 20.2 Å². The number of guanidine groups is 1. The molecule has 1 atom stereocenters. The summed E-state index contributed by atoms with van der Waals surface area (Å²) >= 11 is 0. The van der Waals surface area contributed by atoms with Crippen LogP contribution in [0.3, 0.4) is 0 Å². The van der Waals surface area contributed by atoms with E-state index in [2.05, 4.69) is 44.1 Å². The van der Waals surface area contributed by atoms with E-state index < -0.39 is 0 Å². The largest absolute Gasteiger partial charge is 0.488 e. The van der Waals surface area contributed by atoms with E-state index in [-0.39, 0.29) is 6.10 Å². The molecule has 1 saturated heterocycles. The van der Waals surface area contributed by atoms with Crippen molar-refractivity contribution in [3.63, 3.8) is 0 Å². The molecule has 2 aromatic rings. The second kappa shape index (κ2) is 8.24. The van der Waals surface area contributed by atoms with Gasteiger partial charge in [-0.2, -0.15) is 0 Å². The fourth-order valence-corrected chi connectivity index (χ4v) is 3.54. The number of benzene rings is 1. The fourth-order valence-electron chi connectivity index (χ4n) is 3.54. The van der Waals surface area contributed by atoms with E-state index in [1.165, 1.54) is 5.56 Å². The Hall–Kier alpha value is -2.83. The maximum Gasteiger partial charge on any atom is 0.225 e. The summed E-state index contributed by atoms with van der Waals surface area (Å²) in [6.45, 7) is 7.20. The van der Waals surface area contributed by atoms with Crippen LogP contribution in [0.15, 0.2) is 47.7 Å². The van der Waals surface area contributed by atoms with Crippen LogP contribution in [0.4, 0.5) is 5.95 Å². The zero-order valence-corrected chi connectivity index (χ0v) is 15.7. The van der Waals surface area contributed by atoms with Gasteiger partial charge in [-0.15, -0.1) is 0 Å². The van der Waals surface area contributed by atoms with Crippen molar-refractivity contribution in [2.45, 2.75) is 19.4 Å². The summed E-state index contributed by atoms with van der Waals surface area (Å²) in [5.74, 6) is 2.76. The highest BCUT2D eigenvalue weighted by Gasteiger charge is 2.24. The highest BCUT2D eigenvalue weighted by Crippen LogP contribution is 2.28. The Balaban J connectivity index is 1.35. The average molecular weight is 366 g/mol. The molecule has 1 N–H and O–H groups in total. The van der Waals surface area contributed by atoms with E-state index in [9.17, 15) is 0 Å². The van der Waals surface area contributed by atoms with E-state index in [1.54, 1.807) is 12.4 Å². The zero-order chi connectivity index (χ0) is 18.5. The minimum absolute atomic E-state index is 0.120. The Morgan fingerprint density at radius 2 is 1.93 bits per heavy atom. The third-order valence-electron chi connectivity index (χ3n) is 4.91. The Morgan fingerprint density at radius 1 is 1.15 bits per heavy atom. The zero-order valence-electron chi connectivity index (χ0n) is 15.7. The quantitative estimate of drug-likeness (QED) is 0.655. The van der Waals surface area contributed by atoms with E-state index in [1.807, 2.05) is 18.2 Å². The summed E-state index contributed by atoms with van der Waals surface area (Å²) in [6.07, 6.45) is 4.63. The van der Waals surface area contributed by atoms with E-state index in [0.717, 1.165) is 56.8 Å². The first-order valence-corrected chi connectivity index (χ1v) is 9.63. The van der Waals surface area contributed by atoms with Crippen LogP contribution in [-0.2, 0) is 6.42 Å². The standard InChI is InChI=1S/C20H26N6O/c1-2-21-19(24-15-17-14-16-6-3-4-7-18(16)27-17)25-10-12-26(13-11-25)20-22-8-5-9-23-20/h3-9,17H,2,10-15H2,1H3,(H,21,24). The van der Waals surface area contributed by atoms with E-state index in [0.29, 0.717) is 6.54 Å². The molecule has 1 aromatic heterocycles. The minimum atomic E-state index is 0.120. The first-order chi connectivity index (χ1) is 13.3. The van der Waals surface area contributed by atoms with E-state index in [4.69, 9.17) is 9.73 Å². The number of aromatic nitrogens is 2. The molecule has 0 amide bonds. The second-order valence-corrected chi connectivity index (χ2v) is 6.77. The average Bonchev–Trinajstić information content (AvgIpc) is 3.15. The van der Waals surface area contributed by atoms with Crippen molar-refractivity contribution in [2.75, 3.05) is 44.2 Å². The lowest BCUT2D eigenvalue weighted by Crippen LogP contribution is -2.53. The Labute approximate surface area is 160 Å². The van der Waals surface area contributed by atoms with Crippen molar-refractivity contribution in [3.05, 3.63) is 48.3 Å². The van der Waals surface area contributed by atoms with Gasteiger partial charge in [0, 0.05) is 51.5 Å².